The van der Waals surface area contributed by atoms with Crippen LogP contribution in [0.2, 0.25) is 0 Å². The molecule has 0 aliphatic rings. The van der Waals surface area contributed by atoms with Gasteiger partial charge in [-0.1, -0.05) is 6.08 Å². The highest BCUT2D eigenvalue weighted by atomic mass is 32.1. The van der Waals surface area contributed by atoms with Crippen molar-refractivity contribution < 1.29 is 0 Å². The van der Waals surface area contributed by atoms with Gasteiger partial charge >= 0.3 is 0 Å². The van der Waals surface area contributed by atoms with Gasteiger partial charge in [-0.15, -0.1) is 17.9 Å². The summed E-state index contributed by atoms with van der Waals surface area (Å²) in [5.74, 6) is 0.235. The summed E-state index contributed by atoms with van der Waals surface area (Å²) < 4.78 is 1.76. The average molecular weight is 364 g/mol. The van der Waals surface area contributed by atoms with Gasteiger partial charge in [0.15, 0.2) is 0 Å². The molecule has 0 fully saturated rings. The summed E-state index contributed by atoms with van der Waals surface area (Å²) in [4.78, 5) is 7.59. The molecule has 132 valence electrons. The van der Waals surface area contributed by atoms with Gasteiger partial charge in [-0.05, 0) is 37.2 Å². The molecule has 0 saturated carbocycles. The van der Waals surface area contributed by atoms with Crippen LogP contribution in [0.3, 0.4) is 0 Å². The average Bonchev–Trinajstić information content (AvgIpc) is 3.23. The van der Waals surface area contributed by atoms with Gasteiger partial charge in [-0.25, -0.2) is 4.98 Å². The summed E-state index contributed by atoms with van der Waals surface area (Å²) in [5.41, 5.74) is 10.0. The van der Waals surface area contributed by atoms with E-state index in [0.29, 0.717) is 12.1 Å². The van der Waals surface area contributed by atoms with E-state index in [1.54, 1.807) is 28.3 Å². The van der Waals surface area contributed by atoms with Crippen LogP contribution in [0.25, 0.3) is 21.7 Å². The zero-order chi connectivity index (χ0) is 18.7. The maximum absolute atomic E-state index is 9.52. The number of pyridine rings is 1. The molecule has 2 N–H and O–H groups in total. The zero-order valence-electron chi connectivity index (χ0n) is 14.8. The van der Waals surface area contributed by atoms with Gasteiger partial charge in [0.2, 0.25) is 0 Å². The molecule has 3 rings (SSSR count). The van der Waals surface area contributed by atoms with Crippen LogP contribution in [-0.4, -0.2) is 33.8 Å². The molecular weight excluding hydrogens is 344 g/mol. The third-order valence-electron chi connectivity index (χ3n) is 3.82. The summed E-state index contributed by atoms with van der Waals surface area (Å²) in [5, 5.41) is 15.9. The first-order valence-corrected chi connectivity index (χ1v) is 8.96. The molecule has 7 heteroatoms. The van der Waals surface area contributed by atoms with E-state index in [1.165, 1.54) is 5.56 Å². The van der Waals surface area contributed by atoms with Gasteiger partial charge in [0.05, 0.1) is 23.3 Å². The first kappa shape index (κ1) is 17.9. The predicted octanol–water partition coefficient (Wildman–Crippen LogP) is 3.38. The Morgan fingerprint density at radius 3 is 2.92 bits per heavy atom. The van der Waals surface area contributed by atoms with E-state index in [0.717, 1.165) is 28.2 Å². The molecule has 26 heavy (non-hydrogen) atoms. The van der Waals surface area contributed by atoms with Crippen LogP contribution in [0.4, 0.5) is 5.82 Å². The van der Waals surface area contributed by atoms with E-state index in [4.69, 9.17) is 5.73 Å². The highest BCUT2D eigenvalue weighted by Gasteiger charge is 2.16. The number of nitrogens with zero attached hydrogens (tertiary/aromatic N) is 5. The van der Waals surface area contributed by atoms with Crippen LogP contribution in [-0.2, 0) is 13.1 Å². The number of thiophene rings is 1. The molecule has 0 aliphatic heterocycles. The van der Waals surface area contributed by atoms with Crippen LogP contribution in [0, 0.1) is 11.3 Å². The van der Waals surface area contributed by atoms with E-state index in [1.807, 2.05) is 26.4 Å². The third kappa shape index (κ3) is 3.67. The van der Waals surface area contributed by atoms with Gasteiger partial charge < -0.3 is 10.6 Å². The highest BCUT2D eigenvalue weighted by molar-refractivity contribution is 7.13. The van der Waals surface area contributed by atoms with E-state index in [9.17, 15) is 5.26 Å². The molecule has 0 bridgehead atoms. The number of rotatable bonds is 6. The molecular formula is C19H20N6S. The second kappa shape index (κ2) is 7.52. The number of hydrogen-bond donors (Lipinski definition) is 1. The minimum absolute atomic E-state index is 0.235. The number of aromatic nitrogens is 3. The summed E-state index contributed by atoms with van der Waals surface area (Å²) in [6.45, 7) is 5.19. The lowest BCUT2D eigenvalue weighted by atomic mass is 10.0. The van der Waals surface area contributed by atoms with Crippen molar-refractivity contribution in [1.29, 1.82) is 5.26 Å². The van der Waals surface area contributed by atoms with Gasteiger partial charge in [0.25, 0.3) is 0 Å². The van der Waals surface area contributed by atoms with Gasteiger partial charge in [0, 0.05) is 23.9 Å². The van der Waals surface area contributed by atoms with Gasteiger partial charge in [-0.2, -0.15) is 10.4 Å². The molecule has 0 unspecified atom stereocenters. The molecule has 0 aliphatic carbocycles. The molecule has 3 aromatic rings. The standard InChI is InChI=1S/C19H20N6S/c1-4-5-25-11-14(9-22-25)15-7-17(23-19(21)16(15)8-20)18-6-13(12-26-18)10-24(2)3/h4,6-7,9,11-12H,1,5,10H2,2-3H3,(H2,21,23). The van der Waals surface area contributed by atoms with E-state index in [2.05, 4.69) is 39.1 Å². The largest absolute Gasteiger partial charge is 0.383 e. The fraction of sp³-hybridized carbons (Fsp3) is 0.211. The number of nitrogen functional groups attached to an aromatic ring is 1. The second-order valence-corrected chi connectivity index (χ2v) is 7.14. The Morgan fingerprint density at radius 1 is 1.42 bits per heavy atom. The summed E-state index contributed by atoms with van der Waals surface area (Å²) >= 11 is 1.62. The topological polar surface area (TPSA) is 83.8 Å². The van der Waals surface area contributed by atoms with Crippen molar-refractivity contribution in [2.75, 3.05) is 19.8 Å². The fourth-order valence-electron chi connectivity index (χ4n) is 2.73. The van der Waals surface area contributed by atoms with Crippen molar-refractivity contribution in [3.63, 3.8) is 0 Å². The van der Waals surface area contributed by atoms with E-state index >= 15 is 0 Å². The Hall–Kier alpha value is -2.95. The van der Waals surface area contributed by atoms with Crippen LogP contribution >= 0.6 is 11.3 Å². The van der Waals surface area contributed by atoms with Gasteiger partial charge in [-0.3, -0.25) is 4.68 Å². The maximum Gasteiger partial charge on any atom is 0.142 e. The lowest BCUT2D eigenvalue weighted by Crippen LogP contribution is -2.09. The Morgan fingerprint density at radius 2 is 2.23 bits per heavy atom. The van der Waals surface area contributed by atoms with E-state index in [-0.39, 0.29) is 5.82 Å². The quantitative estimate of drug-likeness (QED) is 0.678. The van der Waals surface area contributed by atoms with Crippen molar-refractivity contribution in [2.24, 2.45) is 0 Å². The Kier molecular flexibility index (Phi) is 5.16. The molecule has 0 amide bonds. The maximum atomic E-state index is 9.52. The number of nitrogens with two attached hydrogens (primary N) is 1. The first-order chi connectivity index (χ1) is 12.5. The summed E-state index contributed by atoms with van der Waals surface area (Å²) in [6.07, 6.45) is 5.38. The molecule has 0 spiro atoms. The summed E-state index contributed by atoms with van der Waals surface area (Å²) in [7, 11) is 4.07. The minimum Gasteiger partial charge on any atom is -0.383 e. The first-order valence-electron chi connectivity index (χ1n) is 8.08. The Labute approximate surface area is 156 Å². The smallest absolute Gasteiger partial charge is 0.142 e. The summed E-state index contributed by atoms with van der Waals surface area (Å²) in [6, 6.07) is 6.19. The molecule has 3 aromatic heterocycles. The van der Waals surface area contributed by atoms with Crippen molar-refractivity contribution in [1.82, 2.24) is 19.7 Å². The van der Waals surface area contributed by atoms with Crippen molar-refractivity contribution in [3.8, 4) is 27.8 Å². The number of hydrogen-bond acceptors (Lipinski definition) is 6. The molecule has 0 saturated heterocycles. The molecule has 3 heterocycles. The lowest BCUT2D eigenvalue weighted by Gasteiger charge is -2.08. The number of allylic oxidation sites excluding steroid dienone is 1. The Bertz CT molecular complexity index is 976. The Balaban J connectivity index is 2.05. The lowest BCUT2D eigenvalue weighted by molar-refractivity contribution is 0.403. The predicted molar refractivity (Wildman–Crippen MR) is 105 cm³/mol. The van der Waals surface area contributed by atoms with Crippen molar-refractivity contribution in [3.05, 3.63) is 53.7 Å². The van der Waals surface area contributed by atoms with Crippen LogP contribution in [0.5, 0.6) is 0 Å². The monoisotopic (exact) mass is 364 g/mol. The second-order valence-electron chi connectivity index (χ2n) is 6.22. The van der Waals surface area contributed by atoms with Crippen LogP contribution in [0.1, 0.15) is 11.1 Å². The fourth-order valence-corrected chi connectivity index (χ4v) is 3.59. The third-order valence-corrected chi connectivity index (χ3v) is 4.83. The molecule has 0 atom stereocenters. The number of anilines is 1. The normalized spacial score (nSPS) is 10.8. The van der Waals surface area contributed by atoms with Crippen molar-refractivity contribution in [2.45, 2.75) is 13.1 Å². The highest BCUT2D eigenvalue weighted by Crippen LogP contribution is 2.33. The van der Waals surface area contributed by atoms with Gasteiger partial charge in [0.1, 0.15) is 17.5 Å². The minimum atomic E-state index is 0.235. The van der Waals surface area contributed by atoms with E-state index < -0.39 is 0 Å². The molecule has 0 aromatic carbocycles. The van der Waals surface area contributed by atoms with Crippen LogP contribution in [0.15, 0.2) is 42.6 Å². The van der Waals surface area contributed by atoms with Crippen molar-refractivity contribution >= 4 is 17.2 Å². The molecule has 0 radical (unpaired) electrons. The molecule has 6 nitrogen and oxygen atoms in total. The number of nitriles is 1. The zero-order valence-corrected chi connectivity index (χ0v) is 15.6. The SMILES string of the molecule is C=CCn1cc(-c2cc(-c3cc(CN(C)C)cs3)nc(N)c2C#N)cn1. The van der Waals surface area contributed by atoms with Crippen LogP contribution < -0.4 is 5.73 Å².